The standard InChI is InChI=1S/C12H18N2O3/c13-7-8-5-6-11(17-8)12(16)14-9-3-1-2-4-10(9)15/h5-6,9-10,15H,1-4,7,13H2,(H,14,16). The number of aliphatic hydroxyl groups excluding tert-OH is 1. The molecule has 5 nitrogen and oxygen atoms in total. The number of nitrogens with one attached hydrogen (secondary N) is 1. The maximum Gasteiger partial charge on any atom is 0.287 e. The molecule has 5 heteroatoms. The number of amides is 1. The lowest BCUT2D eigenvalue weighted by molar-refractivity contribution is 0.0697. The van der Waals surface area contributed by atoms with Crippen LogP contribution in [0.4, 0.5) is 0 Å². The van der Waals surface area contributed by atoms with E-state index in [0.717, 1.165) is 25.7 Å². The Labute approximate surface area is 100.0 Å². The summed E-state index contributed by atoms with van der Waals surface area (Å²) in [5.74, 6) is 0.554. The molecule has 4 N–H and O–H groups in total. The Hall–Kier alpha value is -1.33. The van der Waals surface area contributed by atoms with E-state index >= 15 is 0 Å². The summed E-state index contributed by atoms with van der Waals surface area (Å²) in [5, 5.41) is 12.5. The first-order chi connectivity index (χ1) is 8.20. The number of nitrogens with two attached hydrogens (primary N) is 1. The van der Waals surface area contributed by atoms with Crippen LogP contribution in [0.1, 0.15) is 42.0 Å². The summed E-state index contributed by atoms with van der Waals surface area (Å²) >= 11 is 0. The Balaban J connectivity index is 1.96. The smallest absolute Gasteiger partial charge is 0.287 e. The monoisotopic (exact) mass is 238 g/mol. The Bertz CT molecular complexity index is 389. The average molecular weight is 238 g/mol. The fourth-order valence-corrected chi connectivity index (χ4v) is 2.13. The lowest BCUT2D eigenvalue weighted by atomic mass is 9.92. The first-order valence-corrected chi connectivity index (χ1v) is 5.98. The Morgan fingerprint density at radius 1 is 1.47 bits per heavy atom. The van der Waals surface area contributed by atoms with E-state index in [2.05, 4.69) is 5.32 Å². The Morgan fingerprint density at radius 2 is 2.24 bits per heavy atom. The molecule has 0 saturated heterocycles. The summed E-state index contributed by atoms with van der Waals surface area (Å²) < 4.78 is 5.25. The highest BCUT2D eigenvalue weighted by Gasteiger charge is 2.25. The molecule has 1 heterocycles. The van der Waals surface area contributed by atoms with Gasteiger partial charge >= 0.3 is 0 Å². The normalized spacial score (nSPS) is 24.6. The second-order valence-corrected chi connectivity index (χ2v) is 4.40. The van der Waals surface area contributed by atoms with Gasteiger partial charge in [0.1, 0.15) is 5.76 Å². The fourth-order valence-electron chi connectivity index (χ4n) is 2.13. The summed E-state index contributed by atoms with van der Waals surface area (Å²) in [7, 11) is 0. The molecular weight excluding hydrogens is 220 g/mol. The van der Waals surface area contributed by atoms with Crippen molar-refractivity contribution in [1.82, 2.24) is 5.32 Å². The Morgan fingerprint density at radius 3 is 2.88 bits per heavy atom. The summed E-state index contributed by atoms with van der Waals surface area (Å²) in [6, 6.07) is 3.13. The zero-order valence-electron chi connectivity index (χ0n) is 9.69. The van der Waals surface area contributed by atoms with Gasteiger partial charge in [-0.3, -0.25) is 4.79 Å². The van der Waals surface area contributed by atoms with Crippen LogP contribution in [0, 0.1) is 0 Å². The molecule has 0 radical (unpaired) electrons. The van der Waals surface area contributed by atoms with Gasteiger partial charge in [-0.1, -0.05) is 12.8 Å². The van der Waals surface area contributed by atoms with Crippen LogP contribution in [0.5, 0.6) is 0 Å². The van der Waals surface area contributed by atoms with Gasteiger partial charge in [-0.25, -0.2) is 0 Å². The molecule has 0 bridgehead atoms. The maximum absolute atomic E-state index is 11.8. The SMILES string of the molecule is NCc1ccc(C(=O)NC2CCCCC2O)o1. The highest BCUT2D eigenvalue weighted by molar-refractivity contribution is 5.91. The largest absolute Gasteiger partial charge is 0.455 e. The zero-order chi connectivity index (χ0) is 12.3. The predicted molar refractivity (Wildman–Crippen MR) is 62.3 cm³/mol. The van der Waals surface area contributed by atoms with Gasteiger partial charge in [0.25, 0.3) is 5.91 Å². The second-order valence-electron chi connectivity index (χ2n) is 4.40. The van der Waals surface area contributed by atoms with Gasteiger partial charge in [-0.15, -0.1) is 0 Å². The number of carbonyl (C=O) groups excluding carboxylic acids is 1. The third-order valence-corrected chi connectivity index (χ3v) is 3.13. The van der Waals surface area contributed by atoms with Crippen LogP contribution in [0.2, 0.25) is 0 Å². The highest BCUT2D eigenvalue weighted by Crippen LogP contribution is 2.19. The number of hydrogen-bond acceptors (Lipinski definition) is 4. The third kappa shape index (κ3) is 2.87. The highest BCUT2D eigenvalue weighted by atomic mass is 16.4. The number of hydrogen-bond donors (Lipinski definition) is 3. The Kier molecular flexibility index (Phi) is 3.81. The minimum Gasteiger partial charge on any atom is -0.455 e. The molecule has 1 fully saturated rings. The number of carbonyl (C=O) groups is 1. The van der Waals surface area contributed by atoms with Crippen LogP contribution in [-0.2, 0) is 6.54 Å². The van der Waals surface area contributed by atoms with Gasteiger partial charge in [0, 0.05) is 0 Å². The minimum atomic E-state index is -0.448. The van der Waals surface area contributed by atoms with Crippen molar-refractivity contribution in [3.8, 4) is 0 Å². The van der Waals surface area contributed by atoms with Crippen molar-refractivity contribution < 1.29 is 14.3 Å². The molecule has 2 rings (SSSR count). The molecule has 1 aromatic heterocycles. The molecule has 94 valence electrons. The van der Waals surface area contributed by atoms with Crippen molar-refractivity contribution in [2.75, 3.05) is 0 Å². The van der Waals surface area contributed by atoms with Crippen molar-refractivity contribution in [2.24, 2.45) is 5.73 Å². The predicted octanol–water partition coefficient (Wildman–Crippen LogP) is 0.772. The molecule has 1 aliphatic rings. The number of furan rings is 1. The van der Waals surface area contributed by atoms with Crippen molar-refractivity contribution in [1.29, 1.82) is 0 Å². The van der Waals surface area contributed by atoms with Crippen molar-refractivity contribution >= 4 is 5.91 Å². The number of aliphatic hydroxyl groups is 1. The summed E-state index contributed by atoms with van der Waals surface area (Å²) in [4.78, 5) is 11.8. The first-order valence-electron chi connectivity index (χ1n) is 5.98. The van der Waals surface area contributed by atoms with Crippen LogP contribution in [0.3, 0.4) is 0 Å². The van der Waals surface area contributed by atoms with Crippen LogP contribution >= 0.6 is 0 Å². The first kappa shape index (κ1) is 12.1. The molecule has 1 amide bonds. The van der Waals surface area contributed by atoms with Gasteiger partial charge in [0.15, 0.2) is 5.76 Å². The molecule has 17 heavy (non-hydrogen) atoms. The number of rotatable bonds is 3. The lowest BCUT2D eigenvalue weighted by Gasteiger charge is -2.27. The van der Waals surface area contributed by atoms with E-state index < -0.39 is 6.10 Å². The van der Waals surface area contributed by atoms with Crippen molar-refractivity contribution in [2.45, 2.75) is 44.4 Å². The topological polar surface area (TPSA) is 88.5 Å². The quantitative estimate of drug-likeness (QED) is 0.725. The summed E-state index contributed by atoms with van der Waals surface area (Å²) in [5.41, 5.74) is 5.40. The van der Waals surface area contributed by atoms with Crippen LogP contribution in [-0.4, -0.2) is 23.2 Å². The molecule has 2 atom stereocenters. The van der Waals surface area contributed by atoms with E-state index in [4.69, 9.17) is 10.2 Å². The van der Waals surface area contributed by atoms with E-state index in [1.165, 1.54) is 0 Å². The molecular formula is C12H18N2O3. The van der Waals surface area contributed by atoms with Gasteiger partial charge in [-0.2, -0.15) is 0 Å². The van der Waals surface area contributed by atoms with Gasteiger partial charge < -0.3 is 20.6 Å². The van der Waals surface area contributed by atoms with Crippen molar-refractivity contribution in [3.63, 3.8) is 0 Å². The fraction of sp³-hybridized carbons (Fsp3) is 0.583. The zero-order valence-corrected chi connectivity index (χ0v) is 9.69. The van der Waals surface area contributed by atoms with Crippen LogP contribution in [0.15, 0.2) is 16.5 Å². The summed E-state index contributed by atoms with van der Waals surface area (Å²) in [6.07, 6.45) is 3.17. The third-order valence-electron chi connectivity index (χ3n) is 3.13. The van der Waals surface area contributed by atoms with E-state index in [1.54, 1.807) is 12.1 Å². The van der Waals surface area contributed by atoms with Crippen molar-refractivity contribution in [3.05, 3.63) is 23.7 Å². The van der Waals surface area contributed by atoms with E-state index in [-0.39, 0.29) is 24.3 Å². The van der Waals surface area contributed by atoms with E-state index in [0.29, 0.717) is 5.76 Å². The van der Waals surface area contributed by atoms with E-state index in [1.807, 2.05) is 0 Å². The average Bonchev–Trinajstić information content (AvgIpc) is 2.81. The molecule has 1 aromatic rings. The van der Waals surface area contributed by atoms with Gasteiger partial charge in [-0.05, 0) is 25.0 Å². The van der Waals surface area contributed by atoms with Gasteiger partial charge in [0.05, 0.1) is 18.7 Å². The molecule has 0 aromatic carbocycles. The molecule has 0 spiro atoms. The summed E-state index contributed by atoms with van der Waals surface area (Å²) in [6.45, 7) is 0.277. The minimum absolute atomic E-state index is 0.164. The van der Waals surface area contributed by atoms with Crippen LogP contribution < -0.4 is 11.1 Å². The molecule has 0 aliphatic heterocycles. The maximum atomic E-state index is 11.8. The van der Waals surface area contributed by atoms with E-state index in [9.17, 15) is 9.90 Å². The van der Waals surface area contributed by atoms with Gasteiger partial charge in [0.2, 0.25) is 0 Å². The molecule has 1 aliphatic carbocycles. The molecule has 2 unspecified atom stereocenters. The van der Waals surface area contributed by atoms with Crippen LogP contribution in [0.25, 0.3) is 0 Å². The second kappa shape index (κ2) is 5.33. The molecule has 1 saturated carbocycles. The lowest BCUT2D eigenvalue weighted by Crippen LogP contribution is -2.44.